The summed E-state index contributed by atoms with van der Waals surface area (Å²) in [5.41, 5.74) is 6.14. The maximum Gasteiger partial charge on any atom is 0.0934 e. The van der Waals surface area contributed by atoms with Gasteiger partial charge in [-0.2, -0.15) is 0 Å². The summed E-state index contributed by atoms with van der Waals surface area (Å²) in [5, 5.41) is 0. The fourth-order valence-electron chi connectivity index (χ4n) is 1.97. The summed E-state index contributed by atoms with van der Waals surface area (Å²) in [6.07, 6.45) is 7.69. The number of hydrogen-bond donors (Lipinski definition) is 1. The largest absolute Gasteiger partial charge is 0.387 e. The molecule has 1 aliphatic carbocycles. The van der Waals surface area contributed by atoms with Crippen molar-refractivity contribution in [3.63, 3.8) is 0 Å². The number of aliphatic imine (C=N–C) groups is 1. The van der Waals surface area contributed by atoms with E-state index in [2.05, 4.69) is 18.8 Å². The van der Waals surface area contributed by atoms with Gasteiger partial charge in [-0.15, -0.1) is 0 Å². The molecule has 1 saturated carbocycles. The molecule has 0 radical (unpaired) electrons. The van der Waals surface area contributed by atoms with Crippen LogP contribution < -0.4 is 5.73 Å². The van der Waals surface area contributed by atoms with Crippen molar-refractivity contribution in [3.05, 3.63) is 0 Å². The number of rotatable bonds is 3. The van der Waals surface area contributed by atoms with Crippen molar-refractivity contribution in [3.8, 4) is 0 Å². The molecule has 0 aliphatic heterocycles. The minimum absolute atomic E-state index is 0.442. The van der Waals surface area contributed by atoms with E-state index < -0.39 is 0 Å². The van der Waals surface area contributed by atoms with Gasteiger partial charge in [0.1, 0.15) is 0 Å². The molecule has 1 fully saturated rings. The molecule has 2 heteroatoms. The minimum Gasteiger partial charge on any atom is -0.387 e. The average molecular weight is 182 g/mol. The molecule has 0 unspecified atom stereocenters. The monoisotopic (exact) mass is 182 g/mol. The van der Waals surface area contributed by atoms with Gasteiger partial charge in [-0.05, 0) is 18.3 Å². The lowest BCUT2D eigenvalue weighted by molar-refractivity contribution is 0.227. The van der Waals surface area contributed by atoms with Gasteiger partial charge in [0.2, 0.25) is 0 Å². The standard InChI is InChI=1S/C11H22N2/c1-3-10(12)13-9-11(2)7-5-4-6-8-11/h3-9H2,1-2H3,(H2,12,13). The first-order valence-electron chi connectivity index (χ1n) is 5.45. The van der Waals surface area contributed by atoms with Crippen LogP contribution in [0.4, 0.5) is 0 Å². The highest BCUT2D eigenvalue weighted by atomic mass is 14.9. The minimum atomic E-state index is 0.442. The summed E-state index contributed by atoms with van der Waals surface area (Å²) in [7, 11) is 0. The number of amidine groups is 1. The van der Waals surface area contributed by atoms with Crippen LogP contribution in [-0.4, -0.2) is 12.4 Å². The van der Waals surface area contributed by atoms with Crippen LogP contribution in [0.3, 0.4) is 0 Å². The molecule has 0 heterocycles. The Labute approximate surface area is 81.6 Å². The zero-order valence-corrected chi connectivity index (χ0v) is 8.97. The van der Waals surface area contributed by atoms with Gasteiger partial charge in [-0.1, -0.05) is 33.1 Å². The van der Waals surface area contributed by atoms with Crippen LogP contribution >= 0.6 is 0 Å². The van der Waals surface area contributed by atoms with E-state index in [0.717, 1.165) is 18.8 Å². The van der Waals surface area contributed by atoms with E-state index in [1.54, 1.807) is 0 Å². The first-order chi connectivity index (χ1) is 6.16. The van der Waals surface area contributed by atoms with E-state index in [1.165, 1.54) is 32.1 Å². The van der Waals surface area contributed by atoms with E-state index in [-0.39, 0.29) is 0 Å². The summed E-state index contributed by atoms with van der Waals surface area (Å²) in [6.45, 7) is 5.34. The van der Waals surface area contributed by atoms with Crippen molar-refractivity contribution in [1.82, 2.24) is 0 Å². The van der Waals surface area contributed by atoms with E-state index in [9.17, 15) is 0 Å². The molecule has 0 aromatic carbocycles. The molecule has 0 aromatic rings. The van der Waals surface area contributed by atoms with Crippen molar-refractivity contribution >= 4 is 5.84 Å². The summed E-state index contributed by atoms with van der Waals surface area (Å²) in [5.74, 6) is 0.812. The molecular formula is C11H22N2. The molecule has 76 valence electrons. The molecule has 1 aliphatic rings. The van der Waals surface area contributed by atoms with Crippen LogP contribution in [0.15, 0.2) is 4.99 Å². The maximum absolute atomic E-state index is 5.70. The van der Waals surface area contributed by atoms with Gasteiger partial charge in [0.05, 0.1) is 5.84 Å². The van der Waals surface area contributed by atoms with Gasteiger partial charge >= 0.3 is 0 Å². The SMILES string of the molecule is CCC(N)=NCC1(C)CCCCC1. The van der Waals surface area contributed by atoms with Crippen LogP contribution in [-0.2, 0) is 0 Å². The Morgan fingerprint density at radius 1 is 1.31 bits per heavy atom. The fourth-order valence-corrected chi connectivity index (χ4v) is 1.97. The normalized spacial score (nSPS) is 23.1. The number of nitrogens with zero attached hydrogens (tertiary/aromatic N) is 1. The molecule has 13 heavy (non-hydrogen) atoms. The lowest BCUT2D eigenvalue weighted by Crippen LogP contribution is -2.25. The Bertz CT molecular complexity index is 179. The van der Waals surface area contributed by atoms with Gasteiger partial charge in [0.15, 0.2) is 0 Å². The van der Waals surface area contributed by atoms with E-state index in [4.69, 9.17) is 5.73 Å². The van der Waals surface area contributed by atoms with Crippen molar-refractivity contribution in [2.24, 2.45) is 16.1 Å². The maximum atomic E-state index is 5.70. The molecule has 1 rings (SSSR count). The molecule has 0 atom stereocenters. The molecule has 0 aromatic heterocycles. The summed E-state index contributed by atoms with van der Waals surface area (Å²) < 4.78 is 0. The molecule has 2 nitrogen and oxygen atoms in total. The molecule has 0 saturated heterocycles. The second-order valence-corrected chi connectivity index (χ2v) is 4.53. The smallest absolute Gasteiger partial charge is 0.0934 e. The van der Waals surface area contributed by atoms with Crippen molar-refractivity contribution in [2.45, 2.75) is 52.4 Å². The summed E-state index contributed by atoms with van der Waals surface area (Å²) >= 11 is 0. The third kappa shape index (κ3) is 3.37. The Kier molecular flexibility index (Phi) is 3.76. The summed E-state index contributed by atoms with van der Waals surface area (Å²) in [6, 6.07) is 0. The van der Waals surface area contributed by atoms with Crippen molar-refractivity contribution < 1.29 is 0 Å². The van der Waals surface area contributed by atoms with E-state index in [0.29, 0.717) is 5.41 Å². The molecular weight excluding hydrogens is 160 g/mol. The van der Waals surface area contributed by atoms with Crippen LogP contribution in [0, 0.1) is 5.41 Å². The Hall–Kier alpha value is -0.530. The third-order valence-electron chi connectivity index (χ3n) is 3.09. The predicted molar refractivity (Wildman–Crippen MR) is 58.0 cm³/mol. The first kappa shape index (κ1) is 10.6. The lowest BCUT2D eigenvalue weighted by atomic mass is 9.76. The van der Waals surface area contributed by atoms with Crippen molar-refractivity contribution in [2.75, 3.05) is 6.54 Å². The zero-order valence-electron chi connectivity index (χ0n) is 8.97. The Morgan fingerprint density at radius 3 is 2.46 bits per heavy atom. The second kappa shape index (κ2) is 4.64. The van der Waals surface area contributed by atoms with Crippen LogP contribution in [0.25, 0.3) is 0 Å². The number of nitrogens with two attached hydrogens (primary N) is 1. The summed E-state index contributed by atoms with van der Waals surface area (Å²) in [4.78, 5) is 4.43. The highest BCUT2D eigenvalue weighted by molar-refractivity contribution is 5.79. The zero-order chi connectivity index (χ0) is 9.73. The highest BCUT2D eigenvalue weighted by Gasteiger charge is 2.26. The lowest BCUT2D eigenvalue weighted by Gasteiger charge is -2.31. The van der Waals surface area contributed by atoms with Gasteiger partial charge in [0.25, 0.3) is 0 Å². The Balaban J connectivity index is 2.41. The highest BCUT2D eigenvalue weighted by Crippen LogP contribution is 2.35. The van der Waals surface area contributed by atoms with Gasteiger partial charge in [-0.3, -0.25) is 4.99 Å². The second-order valence-electron chi connectivity index (χ2n) is 4.53. The third-order valence-corrected chi connectivity index (χ3v) is 3.09. The quantitative estimate of drug-likeness (QED) is 0.529. The molecule has 0 amide bonds. The van der Waals surface area contributed by atoms with Crippen LogP contribution in [0.1, 0.15) is 52.4 Å². The number of hydrogen-bond acceptors (Lipinski definition) is 1. The van der Waals surface area contributed by atoms with Crippen molar-refractivity contribution in [1.29, 1.82) is 0 Å². The fraction of sp³-hybridized carbons (Fsp3) is 0.909. The molecule has 0 spiro atoms. The van der Waals surface area contributed by atoms with Crippen LogP contribution in [0.5, 0.6) is 0 Å². The average Bonchev–Trinajstić information content (AvgIpc) is 2.15. The topological polar surface area (TPSA) is 38.4 Å². The van der Waals surface area contributed by atoms with Crippen LogP contribution in [0.2, 0.25) is 0 Å². The van der Waals surface area contributed by atoms with Gasteiger partial charge < -0.3 is 5.73 Å². The van der Waals surface area contributed by atoms with Gasteiger partial charge in [-0.25, -0.2) is 0 Å². The predicted octanol–water partition coefficient (Wildman–Crippen LogP) is 2.72. The molecule has 2 N–H and O–H groups in total. The molecule has 0 bridgehead atoms. The van der Waals surface area contributed by atoms with E-state index >= 15 is 0 Å². The van der Waals surface area contributed by atoms with E-state index in [1.807, 2.05) is 0 Å². The van der Waals surface area contributed by atoms with Gasteiger partial charge in [0, 0.05) is 13.0 Å². The first-order valence-corrected chi connectivity index (χ1v) is 5.45. The Morgan fingerprint density at radius 2 is 1.92 bits per heavy atom.